The van der Waals surface area contributed by atoms with Crippen LogP contribution in [-0.2, 0) is 10.3 Å². The number of hydrogen-bond acceptors (Lipinski definition) is 3. The Morgan fingerprint density at radius 3 is 2.69 bits per heavy atom. The zero-order valence-electron chi connectivity index (χ0n) is 8.03. The summed E-state index contributed by atoms with van der Waals surface area (Å²) in [5.74, 6) is 0. The van der Waals surface area contributed by atoms with Crippen LogP contribution in [0, 0.1) is 6.92 Å². The minimum atomic E-state index is -0.576. The molecule has 1 aromatic heterocycles. The summed E-state index contributed by atoms with van der Waals surface area (Å²) in [6.07, 6.45) is 1.56. The third kappa shape index (κ3) is 2.23. The van der Waals surface area contributed by atoms with Crippen molar-refractivity contribution in [2.45, 2.75) is 26.3 Å². The molecule has 0 aliphatic heterocycles. The van der Waals surface area contributed by atoms with Crippen LogP contribution < -0.4 is 0 Å². The normalized spacial score (nSPS) is 10.7. The molecule has 0 amide bonds. The van der Waals surface area contributed by atoms with Gasteiger partial charge in [-0.05, 0) is 32.9 Å². The minimum Gasteiger partial charge on any atom is -0.256 e. The van der Waals surface area contributed by atoms with Gasteiger partial charge in [0.15, 0.2) is 0 Å². The van der Waals surface area contributed by atoms with Gasteiger partial charge < -0.3 is 0 Å². The Bertz CT molecular complexity index is 352. The van der Waals surface area contributed by atoms with E-state index in [9.17, 15) is 4.79 Å². The number of isocyanates is 1. The van der Waals surface area contributed by atoms with Crippen molar-refractivity contribution in [1.29, 1.82) is 0 Å². The van der Waals surface area contributed by atoms with Crippen LogP contribution in [-0.4, -0.2) is 11.1 Å². The fourth-order valence-corrected chi connectivity index (χ4v) is 1.06. The molecule has 0 aliphatic carbocycles. The van der Waals surface area contributed by atoms with Gasteiger partial charge in [0.25, 0.3) is 0 Å². The molecule has 0 saturated heterocycles. The summed E-state index contributed by atoms with van der Waals surface area (Å²) in [7, 11) is 0. The van der Waals surface area contributed by atoms with E-state index in [1.807, 2.05) is 39.0 Å². The van der Waals surface area contributed by atoms with Crippen molar-refractivity contribution >= 4 is 6.08 Å². The van der Waals surface area contributed by atoms with Gasteiger partial charge in [0.1, 0.15) is 5.54 Å². The first-order valence-electron chi connectivity index (χ1n) is 4.09. The number of nitrogens with zero attached hydrogens (tertiary/aromatic N) is 2. The first-order valence-corrected chi connectivity index (χ1v) is 4.09. The smallest absolute Gasteiger partial charge is 0.235 e. The van der Waals surface area contributed by atoms with Crippen molar-refractivity contribution in [3.05, 3.63) is 29.6 Å². The average molecular weight is 176 g/mol. The van der Waals surface area contributed by atoms with Crippen LogP contribution in [0.25, 0.3) is 0 Å². The summed E-state index contributed by atoms with van der Waals surface area (Å²) in [5, 5.41) is 0. The van der Waals surface area contributed by atoms with Crippen molar-refractivity contribution in [3.63, 3.8) is 0 Å². The fraction of sp³-hybridized carbons (Fsp3) is 0.400. The SMILES string of the molecule is Cc1cccc(C(C)(C)N=C=O)n1. The minimum absolute atomic E-state index is 0.576. The molecule has 68 valence electrons. The van der Waals surface area contributed by atoms with E-state index in [0.717, 1.165) is 11.4 Å². The van der Waals surface area contributed by atoms with Crippen LogP contribution in [0.1, 0.15) is 25.2 Å². The maximum atomic E-state index is 10.2. The van der Waals surface area contributed by atoms with Gasteiger partial charge in [-0.3, -0.25) is 4.98 Å². The molecule has 0 aliphatic rings. The van der Waals surface area contributed by atoms with Gasteiger partial charge in [0, 0.05) is 5.69 Å². The zero-order chi connectivity index (χ0) is 9.90. The number of aliphatic imine (C=N–C) groups is 1. The lowest BCUT2D eigenvalue weighted by Gasteiger charge is -2.16. The topological polar surface area (TPSA) is 42.3 Å². The molecule has 0 spiro atoms. The highest BCUT2D eigenvalue weighted by Crippen LogP contribution is 2.21. The second kappa shape index (κ2) is 3.50. The van der Waals surface area contributed by atoms with Crippen LogP contribution >= 0.6 is 0 Å². The molecule has 0 radical (unpaired) electrons. The molecule has 3 nitrogen and oxygen atoms in total. The van der Waals surface area contributed by atoms with E-state index in [0.29, 0.717) is 0 Å². The monoisotopic (exact) mass is 176 g/mol. The van der Waals surface area contributed by atoms with E-state index < -0.39 is 5.54 Å². The van der Waals surface area contributed by atoms with Gasteiger partial charge in [0.2, 0.25) is 6.08 Å². The molecule has 0 atom stereocenters. The molecule has 1 heterocycles. The van der Waals surface area contributed by atoms with E-state index in [2.05, 4.69) is 9.98 Å². The Kier molecular flexibility index (Phi) is 2.59. The third-order valence-corrected chi connectivity index (χ3v) is 1.84. The number of carbonyl (C=O) groups excluding carboxylic acids is 1. The molecular weight excluding hydrogens is 164 g/mol. The summed E-state index contributed by atoms with van der Waals surface area (Å²) < 4.78 is 0. The highest BCUT2D eigenvalue weighted by molar-refractivity contribution is 5.36. The average Bonchev–Trinajstić information content (AvgIpc) is 2.04. The molecule has 0 bridgehead atoms. The van der Waals surface area contributed by atoms with Crippen LogP contribution in [0.5, 0.6) is 0 Å². The van der Waals surface area contributed by atoms with E-state index in [4.69, 9.17) is 0 Å². The second-order valence-electron chi connectivity index (χ2n) is 3.43. The Morgan fingerprint density at radius 1 is 1.46 bits per heavy atom. The van der Waals surface area contributed by atoms with Gasteiger partial charge in [-0.15, -0.1) is 0 Å². The molecule has 0 unspecified atom stereocenters. The maximum Gasteiger partial charge on any atom is 0.235 e. The molecular formula is C10H12N2O. The Labute approximate surface area is 77.5 Å². The number of hydrogen-bond donors (Lipinski definition) is 0. The Balaban J connectivity index is 3.13. The zero-order valence-corrected chi connectivity index (χ0v) is 8.03. The summed E-state index contributed by atoms with van der Waals surface area (Å²) in [6, 6.07) is 5.66. The van der Waals surface area contributed by atoms with Crippen LogP contribution in [0.2, 0.25) is 0 Å². The largest absolute Gasteiger partial charge is 0.256 e. The molecule has 13 heavy (non-hydrogen) atoms. The fourth-order valence-electron chi connectivity index (χ4n) is 1.06. The van der Waals surface area contributed by atoms with Gasteiger partial charge in [-0.25, -0.2) is 4.79 Å². The number of rotatable bonds is 2. The van der Waals surface area contributed by atoms with Crippen molar-refractivity contribution in [2.75, 3.05) is 0 Å². The lowest BCUT2D eigenvalue weighted by Crippen LogP contribution is -2.15. The molecule has 0 N–H and O–H groups in total. The van der Waals surface area contributed by atoms with Crippen molar-refractivity contribution in [2.24, 2.45) is 4.99 Å². The summed E-state index contributed by atoms with van der Waals surface area (Å²) in [5.41, 5.74) is 1.14. The molecule has 0 saturated carbocycles. The molecule has 0 fully saturated rings. The highest BCUT2D eigenvalue weighted by atomic mass is 16.1. The maximum absolute atomic E-state index is 10.2. The summed E-state index contributed by atoms with van der Waals surface area (Å²) in [4.78, 5) is 18.1. The summed E-state index contributed by atoms with van der Waals surface area (Å²) >= 11 is 0. The predicted molar refractivity (Wildman–Crippen MR) is 50.1 cm³/mol. The lowest BCUT2D eigenvalue weighted by molar-refractivity contribution is 0.511. The van der Waals surface area contributed by atoms with Crippen molar-refractivity contribution in [3.8, 4) is 0 Å². The van der Waals surface area contributed by atoms with Gasteiger partial charge in [-0.1, -0.05) is 6.07 Å². The van der Waals surface area contributed by atoms with E-state index in [1.54, 1.807) is 6.08 Å². The molecule has 1 aromatic rings. The van der Waals surface area contributed by atoms with Crippen LogP contribution in [0.15, 0.2) is 23.2 Å². The quantitative estimate of drug-likeness (QED) is 0.510. The molecule has 0 aromatic carbocycles. The van der Waals surface area contributed by atoms with Gasteiger partial charge in [0.05, 0.1) is 5.69 Å². The first kappa shape index (κ1) is 9.62. The Morgan fingerprint density at radius 2 is 2.15 bits per heavy atom. The number of aryl methyl sites for hydroxylation is 1. The third-order valence-electron chi connectivity index (χ3n) is 1.84. The van der Waals surface area contributed by atoms with Crippen LogP contribution in [0.4, 0.5) is 0 Å². The van der Waals surface area contributed by atoms with Gasteiger partial charge >= 0.3 is 0 Å². The number of aromatic nitrogens is 1. The molecule has 1 rings (SSSR count). The highest BCUT2D eigenvalue weighted by Gasteiger charge is 2.20. The lowest BCUT2D eigenvalue weighted by atomic mass is 10.0. The van der Waals surface area contributed by atoms with E-state index in [1.165, 1.54) is 0 Å². The number of pyridine rings is 1. The van der Waals surface area contributed by atoms with Gasteiger partial charge in [-0.2, -0.15) is 4.99 Å². The van der Waals surface area contributed by atoms with E-state index >= 15 is 0 Å². The van der Waals surface area contributed by atoms with Crippen molar-refractivity contribution < 1.29 is 4.79 Å². The Hall–Kier alpha value is -1.47. The van der Waals surface area contributed by atoms with Crippen LogP contribution in [0.3, 0.4) is 0 Å². The first-order chi connectivity index (χ1) is 6.06. The standard InChI is InChI=1S/C10H12N2O/c1-8-5-4-6-9(12-8)10(2,3)11-7-13/h4-6H,1-3H3. The summed E-state index contributed by atoms with van der Waals surface area (Å²) in [6.45, 7) is 5.57. The second-order valence-corrected chi connectivity index (χ2v) is 3.43. The molecule has 3 heteroatoms. The predicted octanol–water partition coefficient (Wildman–Crippen LogP) is 1.96. The van der Waals surface area contributed by atoms with E-state index in [-0.39, 0.29) is 0 Å². The van der Waals surface area contributed by atoms with Crippen molar-refractivity contribution in [1.82, 2.24) is 4.98 Å².